The molecule has 0 bridgehead atoms. The normalized spacial score (nSPS) is 13.3. The van der Waals surface area contributed by atoms with Crippen molar-refractivity contribution in [2.24, 2.45) is 0 Å². The lowest BCUT2D eigenvalue weighted by Gasteiger charge is -1.96. The Balaban J connectivity index is 1.99. The van der Waals surface area contributed by atoms with Crippen molar-refractivity contribution in [3.63, 3.8) is 0 Å². The van der Waals surface area contributed by atoms with Gasteiger partial charge in [0, 0.05) is 18.7 Å². The zero-order chi connectivity index (χ0) is 11.0. The van der Waals surface area contributed by atoms with Gasteiger partial charge in [0.15, 0.2) is 11.5 Å². The number of aliphatic hydroxyl groups is 1. The number of aliphatic hydroxyl groups excluding tert-OH is 1. The van der Waals surface area contributed by atoms with Gasteiger partial charge in [0.1, 0.15) is 0 Å². The first-order valence-corrected chi connectivity index (χ1v) is 5.01. The molecule has 3 N–H and O–H groups in total. The molecule has 0 aliphatic carbocycles. The molecule has 0 radical (unpaired) electrons. The van der Waals surface area contributed by atoms with Crippen molar-refractivity contribution in [3.05, 3.63) is 12.1 Å². The van der Waals surface area contributed by atoms with Gasteiger partial charge >= 0.3 is 0 Å². The van der Waals surface area contributed by atoms with E-state index in [0.29, 0.717) is 18.2 Å². The monoisotopic (exact) mass is 221 g/mol. The fourth-order valence-corrected chi connectivity index (χ4v) is 1.66. The summed E-state index contributed by atoms with van der Waals surface area (Å²) in [6, 6.07) is 3.69. The number of aromatic nitrogens is 2. The second-order valence-electron chi connectivity index (χ2n) is 3.46. The first-order chi connectivity index (χ1) is 7.86. The number of ether oxygens (including phenoxy) is 2. The molecule has 2 heterocycles. The molecule has 6 heteroatoms. The van der Waals surface area contributed by atoms with E-state index in [1.54, 1.807) is 0 Å². The lowest BCUT2D eigenvalue weighted by atomic mass is 10.3. The minimum Gasteiger partial charge on any atom is -0.454 e. The average molecular weight is 221 g/mol. The Bertz CT molecular complexity index is 482. The molecule has 1 aromatic heterocycles. The Hall–Kier alpha value is -1.95. The number of nitrogens with one attached hydrogen (secondary N) is 2. The molecule has 0 amide bonds. The quantitative estimate of drug-likeness (QED) is 0.710. The van der Waals surface area contributed by atoms with Gasteiger partial charge in [-0.05, 0) is 0 Å². The van der Waals surface area contributed by atoms with E-state index < -0.39 is 0 Å². The average Bonchev–Trinajstić information content (AvgIpc) is 2.87. The Kier molecular flexibility index (Phi) is 2.07. The Morgan fingerprint density at radius 1 is 1.38 bits per heavy atom. The van der Waals surface area contributed by atoms with Gasteiger partial charge in [0.25, 0.3) is 0 Å². The van der Waals surface area contributed by atoms with Crippen LogP contribution in [0.25, 0.3) is 11.0 Å². The summed E-state index contributed by atoms with van der Waals surface area (Å²) in [5, 5.41) is 11.7. The fraction of sp³-hybridized carbons (Fsp3) is 0.300. The van der Waals surface area contributed by atoms with E-state index in [9.17, 15) is 0 Å². The molecule has 0 saturated heterocycles. The summed E-state index contributed by atoms with van der Waals surface area (Å²) in [6.07, 6.45) is 0. The Morgan fingerprint density at radius 2 is 2.19 bits per heavy atom. The molecule has 2 aromatic rings. The third-order valence-electron chi connectivity index (χ3n) is 2.38. The molecule has 16 heavy (non-hydrogen) atoms. The van der Waals surface area contributed by atoms with Crippen molar-refractivity contribution in [2.45, 2.75) is 0 Å². The van der Waals surface area contributed by atoms with Crippen LogP contribution in [0, 0.1) is 0 Å². The molecule has 3 rings (SSSR count). The van der Waals surface area contributed by atoms with Crippen LogP contribution in [-0.2, 0) is 0 Å². The van der Waals surface area contributed by atoms with Crippen molar-refractivity contribution in [1.29, 1.82) is 0 Å². The summed E-state index contributed by atoms with van der Waals surface area (Å²) in [5.41, 5.74) is 1.69. The minimum atomic E-state index is 0.0692. The molecule has 1 aliphatic rings. The lowest BCUT2D eigenvalue weighted by Crippen LogP contribution is -2.06. The maximum atomic E-state index is 8.69. The Labute approximate surface area is 91.2 Å². The van der Waals surface area contributed by atoms with Gasteiger partial charge in [-0.1, -0.05) is 0 Å². The summed E-state index contributed by atoms with van der Waals surface area (Å²) in [6.45, 7) is 0.796. The maximum absolute atomic E-state index is 8.69. The van der Waals surface area contributed by atoms with Gasteiger partial charge in [-0.3, -0.25) is 0 Å². The molecule has 0 fully saturated rings. The van der Waals surface area contributed by atoms with E-state index >= 15 is 0 Å². The summed E-state index contributed by atoms with van der Waals surface area (Å²) in [4.78, 5) is 7.41. The molecule has 0 atom stereocenters. The maximum Gasteiger partial charge on any atom is 0.231 e. The number of rotatable bonds is 3. The third-order valence-corrected chi connectivity index (χ3v) is 2.38. The van der Waals surface area contributed by atoms with Gasteiger partial charge in [0.05, 0.1) is 17.6 Å². The zero-order valence-electron chi connectivity index (χ0n) is 8.49. The summed E-state index contributed by atoms with van der Waals surface area (Å²) < 4.78 is 10.5. The topological polar surface area (TPSA) is 79.4 Å². The number of imidazole rings is 1. The van der Waals surface area contributed by atoms with Crippen molar-refractivity contribution in [1.82, 2.24) is 9.97 Å². The number of hydrogen-bond donors (Lipinski definition) is 3. The predicted octanol–water partition coefficient (Wildman–Crippen LogP) is 0.696. The van der Waals surface area contributed by atoms with Crippen LogP contribution in [0.15, 0.2) is 12.1 Å². The first kappa shape index (κ1) is 9.29. The highest BCUT2D eigenvalue weighted by Crippen LogP contribution is 2.35. The van der Waals surface area contributed by atoms with E-state index in [1.807, 2.05) is 12.1 Å². The summed E-state index contributed by atoms with van der Waals surface area (Å²) >= 11 is 0. The Morgan fingerprint density at radius 3 is 3.00 bits per heavy atom. The molecular formula is C10H11N3O3. The molecule has 0 saturated carbocycles. The molecule has 84 valence electrons. The van der Waals surface area contributed by atoms with Crippen LogP contribution in [0.4, 0.5) is 5.95 Å². The van der Waals surface area contributed by atoms with E-state index in [0.717, 1.165) is 16.8 Å². The predicted molar refractivity (Wildman–Crippen MR) is 57.8 cm³/mol. The van der Waals surface area contributed by atoms with Crippen molar-refractivity contribution < 1.29 is 14.6 Å². The van der Waals surface area contributed by atoms with Gasteiger partial charge in [-0.25, -0.2) is 4.98 Å². The second-order valence-corrected chi connectivity index (χ2v) is 3.46. The van der Waals surface area contributed by atoms with Gasteiger partial charge < -0.3 is 24.9 Å². The highest BCUT2D eigenvalue weighted by molar-refractivity contribution is 5.81. The molecular weight excluding hydrogens is 210 g/mol. The van der Waals surface area contributed by atoms with Crippen LogP contribution in [0.2, 0.25) is 0 Å². The van der Waals surface area contributed by atoms with Crippen LogP contribution in [0.1, 0.15) is 0 Å². The number of fused-ring (bicyclic) bond motifs is 2. The molecule has 1 aromatic carbocycles. The van der Waals surface area contributed by atoms with Crippen molar-refractivity contribution in [2.75, 3.05) is 25.3 Å². The second kappa shape index (κ2) is 3.57. The van der Waals surface area contributed by atoms with Crippen LogP contribution in [-0.4, -0.2) is 35.0 Å². The van der Waals surface area contributed by atoms with E-state index in [1.165, 1.54) is 0 Å². The smallest absolute Gasteiger partial charge is 0.231 e. The molecule has 0 unspecified atom stereocenters. The number of hydrogen-bond acceptors (Lipinski definition) is 5. The SMILES string of the molecule is OCCNc1nc2cc3c(cc2[nH]1)OCO3. The number of anilines is 1. The first-order valence-electron chi connectivity index (χ1n) is 5.01. The van der Waals surface area contributed by atoms with Gasteiger partial charge in [-0.2, -0.15) is 0 Å². The van der Waals surface area contributed by atoms with E-state index in [-0.39, 0.29) is 13.4 Å². The van der Waals surface area contributed by atoms with E-state index in [4.69, 9.17) is 14.6 Å². The summed E-state index contributed by atoms with van der Waals surface area (Å²) in [5.74, 6) is 2.07. The molecule has 0 spiro atoms. The zero-order valence-corrected chi connectivity index (χ0v) is 8.49. The van der Waals surface area contributed by atoms with Crippen LogP contribution < -0.4 is 14.8 Å². The van der Waals surface area contributed by atoms with Crippen molar-refractivity contribution in [3.8, 4) is 11.5 Å². The highest BCUT2D eigenvalue weighted by Gasteiger charge is 2.15. The van der Waals surface area contributed by atoms with Gasteiger partial charge in [-0.15, -0.1) is 0 Å². The minimum absolute atomic E-state index is 0.0692. The van der Waals surface area contributed by atoms with Crippen LogP contribution >= 0.6 is 0 Å². The molecule has 1 aliphatic heterocycles. The number of nitrogens with zero attached hydrogens (tertiary/aromatic N) is 1. The summed E-state index contributed by atoms with van der Waals surface area (Å²) in [7, 11) is 0. The van der Waals surface area contributed by atoms with Crippen LogP contribution in [0.3, 0.4) is 0 Å². The standard InChI is InChI=1S/C10H11N3O3/c14-2-1-11-10-12-6-3-8-9(16-5-15-8)4-7(6)13-10/h3-4,14H,1-2,5H2,(H2,11,12,13). The molecule has 6 nitrogen and oxygen atoms in total. The largest absolute Gasteiger partial charge is 0.454 e. The fourth-order valence-electron chi connectivity index (χ4n) is 1.66. The highest BCUT2D eigenvalue weighted by atomic mass is 16.7. The lowest BCUT2D eigenvalue weighted by molar-refractivity contribution is 0.174. The van der Waals surface area contributed by atoms with Crippen molar-refractivity contribution >= 4 is 17.0 Å². The van der Waals surface area contributed by atoms with Crippen LogP contribution in [0.5, 0.6) is 11.5 Å². The number of H-pyrrole nitrogens is 1. The van der Waals surface area contributed by atoms with E-state index in [2.05, 4.69) is 15.3 Å². The number of benzene rings is 1. The third kappa shape index (κ3) is 1.43. The number of aromatic amines is 1. The van der Waals surface area contributed by atoms with Gasteiger partial charge in [0.2, 0.25) is 12.7 Å².